The summed E-state index contributed by atoms with van der Waals surface area (Å²) in [5, 5.41) is 1.31. The van der Waals surface area contributed by atoms with E-state index in [4.69, 9.17) is 12.3 Å². The highest BCUT2D eigenvalue weighted by Crippen LogP contribution is 2.31. The smallest absolute Gasteiger partial charge is 0.402 e. The van der Waals surface area contributed by atoms with Gasteiger partial charge in [-0.1, -0.05) is 60.4 Å². The highest BCUT2D eigenvalue weighted by molar-refractivity contribution is 7.01. The molecule has 24 heavy (non-hydrogen) atoms. The minimum Gasteiger partial charge on any atom is -0.410 e. The Morgan fingerprint density at radius 2 is 1.42 bits per heavy atom. The van der Waals surface area contributed by atoms with Crippen LogP contribution in [0.5, 0.6) is 0 Å². The van der Waals surface area contributed by atoms with Crippen molar-refractivity contribution in [3.8, 4) is 11.1 Å². The summed E-state index contributed by atoms with van der Waals surface area (Å²) in [6.07, 6.45) is 0. The summed E-state index contributed by atoms with van der Waals surface area (Å²) in [6.45, 7) is 18.3. The van der Waals surface area contributed by atoms with Crippen LogP contribution in [-0.2, 0) is 12.3 Å². The molecule has 0 N–H and O–H groups in total. The van der Waals surface area contributed by atoms with Gasteiger partial charge in [0, 0.05) is 0 Å². The molecule has 1 heterocycles. The van der Waals surface area contributed by atoms with Gasteiger partial charge in [0.15, 0.2) is 8.07 Å². The lowest BCUT2D eigenvalue weighted by Crippen LogP contribution is -2.66. The van der Waals surface area contributed by atoms with E-state index in [2.05, 4.69) is 61.6 Å². The van der Waals surface area contributed by atoms with Gasteiger partial charge in [-0.3, -0.25) is 0 Å². The van der Waals surface area contributed by atoms with Crippen LogP contribution in [0.4, 0.5) is 0 Å². The molecule has 2 atom stereocenters. The fourth-order valence-corrected chi connectivity index (χ4v) is 18.8. The molecule has 1 saturated heterocycles. The molecule has 0 bridgehead atoms. The Morgan fingerprint density at radius 3 is 1.88 bits per heavy atom. The third-order valence-electron chi connectivity index (χ3n) is 4.04. The number of hydrogen-bond acceptors (Lipinski definition) is 3. The van der Waals surface area contributed by atoms with Crippen molar-refractivity contribution in [3.63, 3.8) is 0 Å². The Morgan fingerprint density at radius 1 is 0.917 bits per heavy atom. The minimum atomic E-state index is -2.66. The van der Waals surface area contributed by atoms with Crippen molar-refractivity contribution in [1.29, 1.82) is 0 Å². The van der Waals surface area contributed by atoms with Gasteiger partial charge < -0.3 is 12.3 Å². The third kappa shape index (κ3) is 4.34. The minimum absolute atomic E-state index is 1.31. The maximum absolute atomic E-state index is 6.29. The summed E-state index contributed by atoms with van der Waals surface area (Å²) >= 11 is 0. The second-order valence-corrected chi connectivity index (χ2v) is 20.5. The van der Waals surface area contributed by atoms with Crippen molar-refractivity contribution in [2.75, 3.05) is 0 Å². The van der Waals surface area contributed by atoms with Gasteiger partial charge >= 0.3 is 25.7 Å². The molecule has 0 radical (unpaired) electrons. The van der Waals surface area contributed by atoms with Crippen LogP contribution in [0.2, 0.25) is 32.7 Å². The molecule has 7 heteroatoms. The summed E-state index contributed by atoms with van der Waals surface area (Å²) in [6, 6.07) is 10.5. The number of rotatable bonds is 3. The molecule has 128 valence electrons. The Labute approximate surface area is 150 Å². The molecule has 0 aliphatic carbocycles. The number of benzene rings is 1. The van der Waals surface area contributed by atoms with Gasteiger partial charge in [0.25, 0.3) is 0 Å². The second kappa shape index (κ2) is 6.72. The van der Waals surface area contributed by atoms with Crippen LogP contribution in [0.15, 0.2) is 54.9 Å². The first-order valence-corrected chi connectivity index (χ1v) is 18.1. The topological polar surface area (TPSA) is 27.7 Å². The van der Waals surface area contributed by atoms with Gasteiger partial charge in [-0.05, 0) is 24.8 Å². The zero-order chi connectivity index (χ0) is 18.1. The summed E-state index contributed by atoms with van der Waals surface area (Å²) < 4.78 is 18.7. The Kier molecular flexibility index (Phi) is 5.42. The zero-order valence-electron chi connectivity index (χ0n) is 15.2. The van der Waals surface area contributed by atoms with Crippen molar-refractivity contribution in [2.24, 2.45) is 0 Å². The molecule has 1 aromatic carbocycles. The van der Waals surface area contributed by atoms with Gasteiger partial charge in [-0.2, -0.15) is 0 Å². The first kappa shape index (κ1) is 19.3. The normalized spacial score (nSPS) is 33.2. The van der Waals surface area contributed by atoms with E-state index in [1.807, 2.05) is 37.1 Å². The SMILES string of the molecule is C=C[Si]1(C)O[Si](C)(C#C[Si](C)(C)c2ccccc2)O[Si](C)(C=C)O1. The predicted molar refractivity (Wildman–Crippen MR) is 110 cm³/mol. The fourth-order valence-electron chi connectivity index (χ4n) is 2.65. The highest BCUT2D eigenvalue weighted by Gasteiger charge is 2.54. The molecule has 1 aliphatic rings. The monoisotopic (exact) mass is 390 g/mol. The van der Waals surface area contributed by atoms with E-state index in [-0.39, 0.29) is 0 Å². The van der Waals surface area contributed by atoms with Crippen molar-refractivity contribution in [2.45, 2.75) is 32.7 Å². The Hall–Kier alpha value is -0.992. The van der Waals surface area contributed by atoms with Gasteiger partial charge in [0.1, 0.15) is 0 Å². The molecule has 2 unspecified atom stereocenters. The third-order valence-corrected chi connectivity index (χ3v) is 18.5. The van der Waals surface area contributed by atoms with Crippen molar-refractivity contribution in [1.82, 2.24) is 0 Å². The molecule has 1 fully saturated rings. The lowest BCUT2D eigenvalue weighted by molar-refractivity contribution is 0.252. The Bertz CT molecular complexity index is 673. The van der Waals surface area contributed by atoms with Crippen LogP contribution in [0.25, 0.3) is 0 Å². The van der Waals surface area contributed by atoms with Crippen molar-refractivity contribution in [3.05, 3.63) is 54.9 Å². The fraction of sp³-hybridized carbons (Fsp3) is 0.294. The first-order valence-electron chi connectivity index (χ1n) is 8.03. The van der Waals surface area contributed by atoms with E-state index in [0.717, 1.165) is 0 Å². The second-order valence-electron chi connectivity index (χ2n) is 6.93. The quantitative estimate of drug-likeness (QED) is 0.585. The van der Waals surface area contributed by atoms with Crippen LogP contribution in [0.1, 0.15) is 0 Å². The van der Waals surface area contributed by atoms with E-state index < -0.39 is 33.8 Å². The van der Waals surface area contributed by atoms with E-state index in [9.17, 15) is 0 Å². The maximum atomic E-state index is 6.29. The largest absolute Gasteiger partial charge is 0.410 e. The average Bonchev–Trinajstić information content (AvgIpc) is 2.53. The molecule has 1 aliphatic heterocycles. The molecular weight excluding hydrogens is 365 g/mol. The molecule has 0 saturated carbocycles. The van der Waals surface area contributed by atoms with Crippen LogP contribution in [-0.4, -0.2) is 33.8 Å². The maximum Gasteiger partial charge on any atom is 0.402 e. The molecule has 2 rings (SSSR count). The van der Waals surface area contributed by atoms with E-state index in [0.29, 0.717) is 0 Å². The van der Waals surface area contributed by atoms with Crippen LogP contribution >= 0.6 is 0 Å². The lowest BCUT2D eigenvalue weighted by atomic mass is 10.4. The summed E-state index contributed by atoms with van der Waals surface area (Å²) in [5.41, 5.74) is 10.6. The molecule has 0 amide bonds. The lowest BCUT2D eigenvalue weighted by Gasteiger charge is -2.45. The van der Waals surface area contributed by atoms with E-state index in [1.165, 1.54) is 5.19 Å². The van der Waals surface area contributed by atoms with Crippen molar-refractivity contribution < 1.29 is 12.3 Å². The van der Waals surface area contributed by atoms with Crippen LogP contribution in [0, 0.1) is 11.1 Å². The van der Waals surface area contributed by atoms with E-state index in [1.54, 1.807) is 0 Å². The van der Waals surface area contributed by atoms with Crippen molar-refractivity contribution >= 4 is 38.9 Å². The van der Waals surface area contributed by atoms with Gasteiger partial charge in [-0.15, -0.1) is 18.7 Å². The van der Waals surface area contributed by atoms with Gasteiger partial charge in [-0.25, -0.2) is 0 Å². The molecule has 0 spiro atoms. The van der Waals surface area contributed by atoms with Crippen LogP contribution < -0.4 is 5.19 Å². The summed E-state index contributed by atoms with van der Waals surface area (Å²) in [7, 11) is -9.48. The molecular formula is C17H26O3Si4. The first-order chi connectivity index (χ1) is 11.1. The predicted octanol–water partition coefficient (Wildman–Crippen LogP) is 3.41. The summed E-state index contributed by atoms with van der Waals surface area (Å²) in [5.74, 6) is 0. The highest BCUT2D eigenvalue weighted by atomic mass is 28.5. The average molecular weight is 391 g/mol. The molecule has 3 nitrogen and oxygen atoms in total. The Balaban J connectivity index is 2.37. The zero-order valence-corrected chi connectivity index (χ0v) is 19.2. The van der Waals surface area contributed by atoms with E-state index >= 15 is 0 Å². The molecule has 0 aromatic heterocycles. The number of hydrogen-bond donors (Lipinski definition) is 0. The van der Waals surface area contributed by atoms with Gasteiger partial charge in [0.05, 0.1) is 0 Å². The summed E-state index contributed by atoms with van der Waals surface area (Å²) in [4.78, 5) is 0. The van der Waals surface area contributed by atoms with Crippen LogP contribution in [0.3, 0.4) is 0 Å². The standard InChI is InChI=1S/C17H26O3Si4/c1-8-22(5)18-23(6,9-2)20-24(7,19-22)16-15-21(3,4)17-13-11-10-12-14-17/h8-14H,1-2H2,3-7H3. The molecule has 1 aromatic rings. The van der Waals surface area contributed by atoms with Gasteiger partial charge in [0.2, 0.25) is 0 Å².